The van der Waals surface area contributed by atoms with E-state index >= 15 is 0 Å². The average Bonchev–Trinajstić information content (AvgIpc) is 3.19. The largest absolute Gasteiger partial charge is 0.493 e. The fraction of sp³-hybridized carbons (Fsp3) is 0.300. The van der Waals surface area contributed by atoms with Crippen LogP contribution in [-0.4, -0.2) is 40.2 Å². The second kappa shape index (κ2) is 7.42. The first kappa shape index (κ1) is 19.8. The highest BCUT2D eigenvalue weighted by Crippen LogP contribution is 2.34. The summed E-state index contributed by atoms with van der Waals surface area (Å²) in [5.41, 5.74) is 1.01. The van der Waals surface area contributed by atoms with Crippen LogP contribution in [0.15, 0.2) is 36.5 Å². The van der Waals surface area contributed by atoms with E-state index in [1.807, 2.05) is 13.0 Å². The van der Waals surface area contributed by atoms with Crippen molar-refractivity contribution >= 4 is 0 Å². The first-order valence-electron chi connectivity index (χ1n) is 8.98. The molecule has 7 nitrogen and oxygen atoms in total. The van der Waals surface area contributed by atoms with E-state index in [1.54, 1.807) is 18.2 Å². The summed E-state index contributed by atoms with van der Waals surface area (Å²) in [5, 5.41) is 19.4. The number of benzene rings is 1. The van der Waals surface area contributed by atoms with E-state index < -0.39 is 11.9 Å². The second-order valence-corrected chi connectivity index (χ2v) is 7.42. The lowest BCUT2D eigenvalue weighted by molar-refractivity contribution is -0.141. The number of nitrogens with one attached hydrogen (secondary N) is 1. The summed E-state index contributed by atoms with van der Waals surface area (Å²) < 4.78 is 49.7. The molecule has 154 valence electrons. The maximum absolute atomic E-state index is 12.8. The molecule has 0 unspecified atom stereocenters. The van der Waals surface area contributed by atoms with E-state index in [2.05, 4.69) is 20.4 Å². The van der Waals surface area contributed by atoms with Gasteiger partial charge < -0.3 is 9.47 Å². The summed E-state index contributed by atoms with van der Waals surface area (Å²) in [6, 6.07) is 9.36. The number of hydrogen-bond donors (Lipinski definition) is 1. The Morgan fingerprint density at radius 2 is 1.97 bits per heavy atom. The SMILES string of the molecule is CC1(COc2cc(-c3ccc(C(F)(F)F)nc3)cc(-c3nn[nH]c3C#N)c2)COC1. The van der Waals surface area contributed by atoms with Crippen LogP contribution in [0.4, 0.5) is 13.2 Å². The highest BCUT2D eigenvalue weighted by atomic mass is 19.4. The number of rotatable bonds is 5. The predicted octanol–water partition coefficient (Wildman–Crippen LogP) is 3.84. The molecular formula is C20H16F3N5O2. The maximum atomic E-state index is 12.8. The lowest BCUT2D eigenvalue weighted by Gasteiger charge is -2.37. The smallest absolute Gasteiger partial charge is 0.433 e. The Hall–Kier alpha value is -3.45. The van der Waals surface area contributed by atoms with Crippen LogP contribution in [0.25, 0.3) is 22.4 Å². The lowest BCUT2D eigenvalue weighted by Crippen LogP contribution is -2.44. The van der Waals surface area contributed by atoms with Crippen LogP contribution in [0.5, 0.6) is 5.75 Å². The normalized spacial score (nSPS) is 15.3. The van der Waals surface area contributed by atoms with Gasteiger partial charge in [0.25, 0.3) is 0 Å². The van der Waals surface area contributed by atoms with Crippen LogP contribution in [0.2, 0.25) is 0 Å². The van der Waals surface area contributed by atoms with Crippen molar-refractivity contribution in [3.8, 4) is 34.2 Å². The molecule has 0 aliphatic carbocycles. The Labute approximate surface area is 169 Å². The van der Waals surface area contributed by atoms with Crippen molar-refractivity contribution < 1.29 is 22.6 Å². The molecule has 1 saturated heterocycles. The van der Waals surface area contributed by atoms with Crippen molar-refractivity contribution in [2.24, 2.45) is 5.41 Å². The van der Waals surface area contributed by atoms with Crippen molar-refractivity contribution in [2.75, 3.05) is 19.8 Å². The summed E-state index contributed by atoms with van der Waals surface area (Å²) in [6.45, 7) is 3.62. The van der Waals surface area contributed by atoms with Gasteiger partial charge in [-0.2, -0.15) is 18.4 Å². The molecule has 1 fully saturated rings. The van der Waals surface area contributed by atoms with Gasteiger partial charge in [-0.05, 0) is 29.8 Å². The van der Waals surface area contributed by atoms with Gasteiger partial charge in [0.05, 0.1) is 19.8 Å². The van der Waals surface area contributed by atoms with Crippen LogP contribution in [0.1, 0.15) is 18.3 Å². The average molecular weight is 415 g/mol. The third-order valence-corrected chi connectivity index (χ3v) is 4.72. The number of ether oxygens (including phenoxy) is 2. The molecule has 10 heteroatoms. The van der Waals surface area contributed by atoms with Gasteiger partial charge in [0.1, 0.15) is 23.2 Å². The Morgan fingerprint density at radius 1 is 1.20 bits per heavy atom. The number of aromatic nitrogens is 4. The third-order valence-electron chi connectivity index (χ3n) is 4.72. The zero-order valence-electron chi connectivity index (χ0n) is 15.8. The fourth-order valence-electron chi connectivity index (χ4n) is 3.02. The number of nitrogens with zero attached hydrogens (tertiary/aromatic N) is 4. The third kappa shape index (κ3) is 3.97. The van der Waals surface area contributed by atoms with Crippen LogP contribution >= 0.6 is 0 Å². The highest BCUT2D eigenvalue weighted by Gasteiger charge is 2.34. The van der Waals surface area contributed by atoms with E-state index in [9.17, 15) is 18.4 Å². The molecule has 30 heavy (non-hydrogen) atoms. The van der Waals surface area contributed by atoms with E-state index in [4.69, 9.17) is 9.47 Å². The highest BCUT2D eigenvalue weighted by molar-refractivity contribution is 5.75. The van der Waals surface area contributed by atoms with Crippen molar-refractivity contribution in [1.29, 1.82) is 5.26 Å². The van der Waals surface area contributed by atoms with E-state index in [0.717, 1.165) is 12.3 Å². The molecule has 0 atom stereocenters. The van der Waals surface area contributed by atoms with Crippen LogP contribution in [-0.2, 0) is 10.9 Å². The molecule has 4 rings (SSSR count). The van der Waals surface area contributed by atoms with Crippen molar-refractivity contribution in [1.82, 2.24) is 20.4 Å². The van der Waals surface area contributed by atoms with Crippen LogP contribution in [0.3, 0.4) is 0 Å². The summed E-state index contributed by atoms with van der Waals surface area (Å²) >= 11 is 0. The summed E-state index contributed by atoms with van der Waals surface area (Å²) in [7, 11) is 0. The zero-order valence-corrected chi connectivity index (χ0v) is 15.8. The molecule has 3 aromatic rings. The van der Waals surface area contributed by atoms with Gasteiger partial charge in [-0.1, -0.05) is 18.2 Å². The monoisotopic (exact) mass is 415 g/mol. The lowest BCUT2D eigenvalue weighted by atomic mass is 9.90. The molecule has 0 amide bonds. The second-order valence-electron chi connectivity index (χ2n) is 7.42. The van der Waals surface area contributed by atoms with Gasteiger partial charge in [-0.3, -0.25) is 4.98 Å². The number of alkyl halides is 3. The van der Waals surface area contributed by atoms with E-state index in [1.165, 1.54) is 6.07 Å². The number of halogens is 3. The Kier molecular flexibility index (Phi) is 4.91. The van der Waals surface area contributed by atoms with Gasteiger partial charge in [-0.25, -0.2) is 5.10 Å². The molecule has 1 aliphatic heterocycles. The number of hydrogen-bond acceptors (Lipinski definition) is 6. The molecule has 1 N–H and O–H groups in total. The first-order valence-corrected chi connectivity index (χ1v) is 8.98. The minimum Gasteiger partial charge on any atom is -0.493 e. The van der Waals surface area contributed by atoms with Crippen LogP contribution < -0.4 is 4.74 Å². The number of nitriles is 1. The maximum Gasteiger partial charge on any atom is 0.433 e. The quantitative estimate of drug-likeness (QED) is 0.680. The van der Waals surface area contributed by atoms with Crippen molar-refractivity contribution in [3.05, 3.63) is 47.9 Å². The molecule has 3 heterocycles. The Bertz CT molecular complexity index is 1100. The first-order chi connectivity index (χ1) is 14.3. The standard InChI is InChI=1S/C20H16F3N5O2/c1-19(9-29-10-19)11-30-15-5-13(12-2-3-17(25-8-12)20(21,22)23)4-14(6-15)18-16(7-24)26-28-27-18/h2-6,8H,9-11H2,1H3,(H,26,27,28). The molecule has 2 aromatic heterocycles. The van der Waals surface area contributed by atoms with Gasteiger partial charge >= 0.3 is 6.18 Å². The predicted molar refractivity (Wildman–Crippen MR) is 99.2 cm³/mol. The fourth-order valence-corrected chi connectivity index (χ4v) is 3.02. The minimum absolute atomic E-state index is 0.0994. The van der Waals surface area contributed by atoms with E-state index in [0.29, 0.717) is 48.0 Å². The van der Waals surface area contributed by atoms with E-state index in [-0.39, 0.29) is 11.1 Å². The zero-order chi connectivity index (χ0) is 21.4. The van der Waals surface area contributed by atoms with Crippen molar-refractivity contribution in [2.45, 2.75) is 13.1 Å². The molecule has 0 spiro atoms. The van der Waals surface area contributed by atoms with Crippen LogP contribution in [0, 0.1) is 16.7 Å². The number of aromatic amines is 1. The molecule has 1 aromatic carbocycles. The topological polar surface area (TPSA) is 96.7 Å². The van der Waals surface area contributed by atoms with Crippen molar-refractivity contribution in [3.63, 3.8) is 0 Å². The Morgan fingerprint density at radius 3 is 2.57 bits per heavy atom. The molecule has 0 bridgehead atoms. The molecule has 0 saturated carbocycles. The minimum atomic E-state index is -4.52. The molecular weight excluding hydrogens is 399 g/mol. The number of pyridine rings is 1. The molecule has 0 radical (unpaired) electrons. The Balaban J connectivity index is 1.72. The summed E-state index contributed by atoms with van der Waals surface area (Å²) in [5.74, 6) is 0.488. The van der Waals surface area contributed by atoms with Gasteiger partial charge in [-0.15, -0.1) is 5.10 Å². The van der Waals surface area contributed by atoms with Gasteiger partial charge in [0.15, 0.2) is 5.69 Å². The van der Waals surface area contributed by atoms with Gasteiger partial charge in [0.2, 0.25) is 0 Å². The summed E-state index contributed by atoms with van der Waals surface area (Å²) in [4.78, 5) is 3.52. The number of H-pyrrole nitrogens is 1. The van der Waals surface area contributed by atoms with Gasteiger partial charge in [0, 0.05) is 22.7 Å². The molecule has 1 aliphatic rings. The summed E-state index contributed by atoms with van der Waals surface area (Å²) in [6.07, 6.45) is -3.36.